The molecule has 0 spiro atoms. The number of hydrogen-bond acceptors (Lipinski definition) is 1. The largest absolute Gasteiger partial charge is 0.465 e. The Morgan fingerprint density at radius 3 is 2.19 bits per heavy atom. The molecule has 5 rings (SSSR count). The fourth-order valence-electron chi connectivity index (χ4n) is 3.78. The third-order valence-corrected chi connectivity index (χ3v) is 5.08. The first kappa shape index (κ1) is 15.0. The van der Waals surface area contributed by atoms with Gasteiger partial charge in [-0.2, -0.15) is 0 Å². The molecule has 1 aliphatic heterocycles. The van der Waals surface area contributed by atoms with Crippen molar-refractivity contribution in [2.75, 3.05) is 0 Å². The second-order valence-electron chi connectivity index (χ2n) is 6.61. The maximum Gasteiger partial charge on any atom is 0.131 e. The summed E-state index contributed by atoms with van der Waals surface area (Å²) in [5.74, 6) is 1.15. The van der Waals surface area contributed by atoms with E-state index in [-0.39, 0.29) is 5.92 Å². The fraction of sp³-hybridized carbons (Fsp3) is 0.0400. The summed E-state index contributed by atoms with van der Waals surface area (Å²) >= 11 is 0. The third-order valence-electron chi connectivity index (χ3n) is 5.08. The molecule has 1 heterocycles. The minimum atomic E-state index is 0.203. The van der Waals surface area contributed by atoms with Crippen LogP contribution in [0.3, 0.4) is 0 Å². The smallest absolute Gasteiger partial charge is 0.131 e. The van der Waals surface area contributed by atoms with E-state index < -0.39 is 0 Å². The molecule has 0 saturated carbocycles. The molecule has 1 atom stereocenters. The summed E-state index contributed by atoms with van der Waals surface area (Å²) in [6.45, 7) is 0. The molecular formula is C25H18O. The fourth-order valence-corrected chi connectivity index (χ4v) is 3.78. The molecule has 1 nitrogen and oxygen atoms in total. The van der Waals surface area contributed by atoms with Gasteiger partial charge >= 0.3 is 0 Å². The lowest BCUT2D eigenvalue weighted by Crippen LogP contribution is -2.06. The second kappa shape index (κ2) is 6.20. The average Bonchev–Trinajstić information content (AvgIpc) is 2.74. The van der Waals surface area contributed by atoms with E-state index in [0.717, 1.165) is 5.75 Å². The molecule has 0 bridgehead atoms. The molecule has 0 fully saturated rings. The van der Waals surface area contributed by atoms with Crippen LogP contribution in [-0.2, 0) is 0 Å². The minimum Gasteiger partial charge on any atom is -0.465 e. The van der Waals surface area contributed by atoms with E-state index in [1.54, 1.807) is 0 Å². The third kappa shape index (κ3) is 2.49. The molecule has 1 aliphatic rings. The quantitative estimate of drug-likeness (QED) is 0.404. The Morgan fingerprint density at radius 1 is 0.615 bits per heavy atom. The van der Waals surface area contributed by atoms with Crippen LogP contribution in [0.2, 0.25) is 0 Å². The first-order valence-corrected chi connectivity index (χ1v) is 8.90. The Balaban J connectivity index is 1.60. The summed E-state index contributed by atoms with van der Waals surface area (Å²) in [6, 6.07) is 32.1. The maximum absolute atomic E-state index is 5.80. The molecule has 4 aromatic rings. The van der Waals surface area contributed by atoms with Gasteiger partial charge in [0.05, 0.1) is 6.26 Å². The zero-order valence-electron chi connectivity index (χ0n) is 14.3. The van der Waals surface area contributed by atoms with Crippen LogP contribution in [0.15, 0.2) is 103 Å². The highest BCUT2D eigenvalue weighted by molar-refractivity contribution is 5.89. The highest BCUT2D eigenvalue weighted by Gasteiger charge is 2.22. The van der Waals surface area contributed by atoms with Gasteiger partial charge in [-0.25, -0.2) is 0 Å². The molecular weight excluding hydrogens is 316 g/mol. The summed E-state index contributed by atoms with van der Waals surface area (Å²) in [7, 11) is 0. The Labute approximate surface area is 153 Å². The number of ether oxygens (including phenoxy) is 1. The lowest BCUT2D eigenvalue weighted by atomic mass is 9.85. The van der Waals surface area contributed by atoms with Crippen molar-refractivity contribution >= 4 is 10.8 Å². The first-order chi connectivity index (χ1) is 12.9. The summed E-state index contributed by atoms with van der Waals surface area (Å²) < 4.78 is 5.80. The van der Waals surface area contributed by atoms with Gasteiger partial charge in [0.1, 0.15) is 5.75 Å². The monoisotopic (exact) mass is 334 g/mol. The molecule has 0 amide bonds. The zero-order valence-corrected chi connectivity index (χ0v) is 14.3. The Hall–Kier alpha value is -3.32. The minimum absolute atomic E-state index is 0.203. The van der Waals surface area contributed by atoms with Gasteiger partial charge < -0.3 is 4.74 Å². The number of benzene rings is 4. The molecule has 0 saturated heterocycles. The molecule has 0 N–H and O–H groups in total. The Kier molecular flexibility index (Phi) is 3.57. The molecule has 0 aliphatic carbocycles. The standard InChI is InChI=1S/C25H18O/c1-2-6-18(7-3-1)19-10-12-21(13-11-19)23-16-17-26-24-15-14-20-8-4-5-9-22(20)25(23)24/h1-17,23H/t23-/m1/s1. The highest BCUT2D eigenvalue weighted by Crippen LogP contribution is 2.41. The van der Waals surface area contributed by atoms with Crippen molar-refractivity contribution in [3.05, 3.63) is 114 Å². The zero-order chi connectivity index (χ0) is 17.3. The summed E-state index contributed by atoms with van der Waals surface area (Å²) in [6.07, 6.45) is 3.96. The van der Waals surface area contributed by atoms with Gasteiger partial charge in [0, 0.05) is 11.5 Å². The molecule has 0 aromatic heterocycles. The summed E-state index contributed by atoms with van der Waals surface area (Å²) in [4.78, 5) is 0. The van der Waals surface area contributed by atoms with Gasteiger partial charge in [0.2, 0.25) is 0 Å². The van der Waals surface area contributed by atoms with E-state index in [1.165, 1.54) is 33.0 Å². The predicted octanol–water partition coefficient (Wildman–Crippen LogP) is 6.54. The van der Waals surface area contributed by atoms with Crippen LogP contribution in [-0.4, -0.2) is 0 Å². The van der Waals surface area contributed by atoms with Crippen molar-refractivity contribution in [3.8, 4) is 16.9 Å². The number of allylic oxidation sites excluding steroid dienone is 1. The van der Waals surface area contributed by atoms with E-state index in [2.05, 4.69) is 91.0 Å². The average molecular weight is 334 g/mol. The van der Waals surface area contributed by atoms with E-state index in [0.29, 0.717) is 0 Å². The van der Waals surface area contributed by atoms with Gasteiger partial charge in [-0.15, -0.1) is 0 Å². The second-order valence-corrected chi connectivity index (χ2v) is 6.61. The van der Waals surface area contributed by atoms with Crippen LogP contribution in [0.25, 0.3) is 21.9 Å². The van der Waals surface area contributed by atoms with Crippen molar-refractivity contribution in [2.45, 2.75) is 5.92 Å². The van der Waals surface area contributed by atoms with Crippen molar-refractivity contribution in [2.24, 2.45) is 0 Å². The SMILES string of the molecule is C1=C[C@H](c2ccc(-c3ccccc3)cc2)c2c(ccc3ccccc23)O1. The van der Waals surface area contributed by atoms with Crippen LogP contribution in [0, 0.1) is 0 Å². The van der Waals surface area contributed by atoms with Crippen molar-refractivity contribution < 1.29 is 4.74 Å². The number of hydrogen-bond donors (Lipinski definition) is 0. The van der Waals surface area contributed by atoms with Crippen LogP contribution >= 0.6 is 0 Å². The maximum atomic E-state index is 5.80. The van der Waals surface area contributed by atoms with Crippen molar-refractivity contribution in [1.82, 2.24) is 0 Å². The van der Waals surface area contributed by atoms with E-state index in [1.807, 2.05) is 12.3 Å². The lowest BCUT2D eigenvalue weighted by Gasteiger charge is -2.23. The first-order valence-electron chi connectivity index (χ1n) is 8.90. The molecule has 4 aromatic carbocycles. The van der Waals surface area contributed by atoms with Gasteiger partial charge in [0.15, 0.2) is 0 Å². The summed E-state index contributed by atoms with van der Waals surface area (Å²) in [5.41, 5.74) is 5.01. The van der Waals surface area contributed by atoms with Gasteiger partial charge in [-0.1, -0.05) is 84.9 Å². The van der Waals surface area contributed by atoms with Crippen LogP contribution in [0.4, 0.5) is 0 Å². The Bertz CT molecular complexity index is 1090. The van der Waals surface area contributed by atoms with Gasteiger partial charge in [-0.05, 0) is 39.6 Å². The van der Waals surface area contributed by atoms with Gasteiger partial charge in [0.25, 0.3) is 0 Å². The normalized spacial score (nSPS) is 15.5. The molecule has 1 heteroatoms. The number of fused-ring (bicyclic) bond motifs is 3. The van der Waals surface area contributed by atoms with E-state index in [4.69, 9.17) is 4.74 Å². The molecule has 124 valence electrons. The van der Waals surface area contributed by atoms with Crippen molar-refractivity contribution in [3.63, 3.8) is 0 Å². The van der Waals surface area contributed by atoms with Crippen LogP contribution < -0.4 is 4.74 Å². The number of rotatable bonds is 2. The van der Waals surface area contributed by atoms with Crippen LogP contribution in [0.1, 0.15) is 17.0 Å². The van der Waals surface area contributed by atoms with Crippen LogP contribution in [0.5, 0.6) is 5.75 Å². The lowest BCUT2D eigenvalue weighted by molar-refractivity contribution is 0.460. The predicted molar refractivity (Wildman–Crippen MR) is 107 cm³/mol. The molecule has 0 unspecified atom stereocenters. The van der Waals surface area contributed by atoms with E-state index in [9.17, 15) is 0 Å². The molecule has 26 heavy (non-hydrogen) atoms. The Morgan fingerprint density at radius 2 is 1.35 bits per heavy atom. The van der Waals surface area contributed by atoms with Crippen molar-refractivity contribution in [1.29, 1.82) is 0 Å². The molecule has 0 radical (unpaired) electrons. The topological polar surface area (TPSA) is 9.23 Å². The van der Waals surface area contributed by atoms with E-state index >= 15 is 0 Å². The van der Waals surface area contributed by atoms with Gasteiger partial charge in [-0.3, -0.25) is 0 Å². The summed E-state index contributed by atoms with van der Waals surface area (Å²) in [5, 5.41) is 2.50. The highest BCUT2D eigenvalue weighted by atomic mass is 16.5.